The van der Waals surface area contributed by atoms with Crippen molar-refractivity contribution in [2.24, 2.45) is 0 Å². The van der Waals surface area contributed by atoms with E-state index in [-0.39, 0.29) is 0 Å². The van der Waals surface area contributed by atoms with Crippen LogP contribution in [-0.2, 0) is 4.74 Å². The van der Waals surface area contributed by atoms with Gasteiger partial charge in [-0.05, 0) is 12.8 Å². The number of H-pyrrole nitrogens is 1. The van der Waals surface area contributed by atoms with Crippen molar-refractivity contribution in [3.05, 3.63) is 18.5 Å². The SMILES string of the molecule is c1n[nH]c2cc(NC3CCOCC3)ncc12. The van der Waals surface area contributed by atoms with Crippen molar-refractivity contribution < 1.29 is 4.74 Å². The first-order chi connectivity index (χ1) is 7.92. The zero-order valence-corrected chi connectivity index (χ0v) is 8.94. The number of anilines is 1. The zero-order chi connectivity index (χ0) is 10.8. The molecule has 0 aliphatic carbocycles. The maximum atomic E-state index is 5.32. The predicted octanol–water partition coefficient (Wildman–Crippen LogP) is 1.55. The molecule has 1 fully saturated rings. The number of nitrogens with zero attached hydrogens (tertiary/aromatic N) is 2. The fraction of sp³-hybridized carbons (Fsp3) is 0.455. The van der Waals surface area contributed by atoms with Gasteiger partial charge in [0.2, 0.25) is 0 Å². The molecule has 0 bridgehead atoms. The molecule has 5 nitrogen and oxygen atoms in total. The Morgan fingerprint density at radius 3 is 3.06 bits per heavy atom. The Hall–Kier alpha value is -1.62. The summed E-state index contributed by atoms with van der Waals surface area (Å²) in [6.45, 7) is 1.67. The molecule has 5 heteroatoms. The second-order valence-electron chi connectivity index (χ2n) is 4.06. The average molecular weight is 218 g/mol. The van der Waals surface area contributed by atoms with Crippen LogP contribution in [0.1, 0.15) is 12.8 Å². The van der Waals surface area contributed by atoms with Crippen molar-refractivity contribution >= 4 is 16.7 Å². The van der Waals surface area contributed by atoms with E-state index in [1.54, 1.807) is 6.20 Å². The number of nitrogens with one attached hydrogen (secondary N) is 2. The molecule has 3 heterocycles. The summed E-state index contributed by atoms with van der Waals surface area (Å²) in [5.41, 5.74) is 1.02. The molecule has 2 aromatic heterocycles. The summed E-state index contributed by atoms with van der Waals surface area (Å²) in [4.78, 5) is 4.36. The molecule has 1 aliphatic heterocycles. The minimum absolute atomic E-state index is 0.474. The lowest BCUT2D eigenvalue weighted by Gasteiger charge is -2.23. The van der Waals surface area contributed by atoms with Crippen LogP contribution < -0.4 is 5.32 Å². The van der Waals surface area contributed by atoms with E-state index in [2.05, 4.69) is 20.5 Å². The molecule has 0 spiro atoms. The Morgan fingerprint density at radius 2 is 2.19 bits per heavy atom. The van der Waals surface area contributed by atoms with Crippen LogP contribution in [0.15, 0.2) is 18.5 Å². The highest BCUT2D eigenvalue weighted by Crippen LogP contribution is 2.16. The summed E-state index contributed by atoms with van der Waals surface area (Å²) in [5.74, 6) is 0.906. The molecule has 0 amide bonds. The molecule has 84 valence electrons. The summed E-state index contributed by atoms with van der Waals surface area (Å²) in [6, 6.07) is 2.47. The Kier molecular flexibility index (Phi) is 2.46. The van der Waals surface area contributed by atoms with Crippen LogP contribution in [0.3, 0.4) is 0 Å². The van der Waals surface area contributed by atoms with Crippen molar-refractivity contribution in [3.8, 4) is 0 Å². The van der Waals surface area contributed by atoms with Crippen LogP contribution >= 0.6 is 0 Å². The van der Waals surface area contributed by atoms with Gasteiger partial charge in [0.15, 0.2) is 0 Å². The molecule has 1 aliphatic rings. The van der Waals surface area contributed by atoms with E-state index < -0.39 is 0 Å². The molecule has 16 heavy (non-hydrogen) atoms. The molecule has 0 atom stereocenters. The molecule has 2 N–H and O–H groups in total. The number of hydrogen-bond donors (Lipinski definition) is 2. The maximum absolute atomic E-state index is 5.32. The lowest BCUT2D eigenvalue weighted by Crippen LogP contribution is -2.28. The molecule has 0 radical (unpaired) electrons. The summed E-state index contributed by atoms with van der Waals surface area (Å²) in [7, 11) is 0. The van der Waals surface area contributed by atoms with E-state index in [9.17, 15) is 0 Å². The Morgan fingerprint density at radius 1 is 1.31 bits per heavy atom. The van der Waals surface area contributed by atoms with Gasteiger partial charge in [0, 0.05) is 36.9 Å². The lowest BCUT2D eigenvalue weighted by molar-refractivity contribution is 0.0904. The van der Waals surface area contributed by atoms with Gasteiger partial charge < -0.3 is 10.1 Å². The summed E-state index contributed by atoms with van der Waals surface area (Å²) in [5, 5.41) is 11.4. The second kappa shape index (κ2) is 4.09. The van der Waals surface area contributed by atoms with Crippen molar-refractivity contribution in [1.82, 2.24) is 15.2 Å². The third-order valence-electron chi connectivity index (χ3n) is 2.90. The van der Waals surface area contributed by atoms with Gasteiger partial charge in [0.05, 0.1) is 11.7 Å². The Bertz CT molecular complexity index is 476. The van der Waals surface area contributed by atoms with Crippen molar-refractivity contribution in [3.63, 3.8) is 0 Å². The van der Waals surface area contributed by atoms with Crippen LogP contribution in [0.25, 0.3) is 10.9 Å². The molecular weight excluding hydrogens is 204 g/mol. The normalized spacial score (nSPS) is 17.8. The van der Waals surface area contributed by atoms with Crippen molar-refractivity contribution in [1.29, 1.82) is 0 Å². The maximum Gasteiger partial charge on any atom is 0.128 e. The summed E-state index contributed by atoms with van der Waals surface area (Å²) >= 11 is 0. The van der Waals surface area contributed by atoms with Gasteiger partial charge in [0.1, 0.15) is 5.82 Å². The Labute approximate surface area is 93.2 Å². The van der Waals surface area contributed by atoms with Crippen molar-refractivity contribution in [2.75, 3.05) is 18.5 Å². The molecule has 0 saturated carbocycles. The summed E-state index contributed by atoms with van der Waals surface area (Å²) in [6.07, 6.45) is 5.70. The Balaban J connectivity index is 1.77. The van der Waals surface area contributed by atoms with Crippen molar-refractivity contribution in [2.45, 2.75) is 18.9 Å². The van der Waals surface area contributed by atoms with Crippen LogP contribution in [0, 0.1) is 0 Å². The van der Waals surface area contributed by atoms with Gasteiger partial charge in [-0.3, -0.25) is 5.10 Å². The number of aromatic amines is 1. The standard InChI is InChI=1S/C11H14N4O/c1-3-16-4-2-9(1)14-11-5-10-8(6-12-11)7-13-15-10/h5-7,9H,1-4H2,(H,12,14)(H,13,15). The molecule has 2 aromatic rings. The van der Waals surface area contributed by atoms with E-state index in [0.717, 1.165) is 42.8 Å². The van der Waals surface area contributed by atoms with E-state index in [0.29, 0.717) is 6.04 Å². The number of hydrogen-bond acceptors (Lipinski definition) is 4. The van der Waals surface area contributed by atoms with Gasteiger partial charge >= 0.3 is 0 Å². The third kappa shape index (κ3) is 1.86. The van der Waals surface area contributed by atoms with Crippen LogP contribution in [0.2, 0.25) is 0 Å². The van der Waals surface area contributed by atoms with Gasteiger partial charge in [0.25, 0.3) is 0 Å². The smallest absolute Gasteiger partial charge is 0.128 e. The number of fused-ring (bicyclic) bond motifs is 1. The first-order valence-electron chi connectivity index (χ1n) is 5.55. The summed E-state index contributed by atoms with van der Waals surface area (Å²) < 4.78 is 5.32. The fourth-order valence-corrected chi connectivity index (χ4v) is 1.97. The molecule has 3 rings (SSSR count). The van der Waals surface area contributed by atoms with Gasteiger partial charge in [-0.2, -0.15) is 5.10 Å². The van der Waals surface area contributed by atoms with Crippen LogP contribution in [0.5, 0.6) is 0 Å². The lowest BCUT2D eigenvalue weighted by atomic mass is 10.1. The fourth-order valence-electron chi connectivity index (χ4n) is 1.97. The minimum atomic E-state index is 0.474. The first-order valence-corrected chi connectivity index (χ1v) is 5.55. The number of rotatable bonds is 2. The number of aromatic nitrogens is 3. The topological polar surface area (TPSA) is 62.8 Å². The molecule has 0 aromatic carbocycles. The van der Waals surface area contributed by atoms with E-state index in [4.69, 9.17) is 4.74 Å². The van der Waals surface area contributed by atoms with Gasteiger partial charge in [-0.1, -0.05) is 0 Å². The predicted molar refractivity (Wildman–Crippen MR) is 61.4 cm³/mol. The van der Waals surface area contributed by atoms with Gasteiger partial charge in [-0.15, -0.1) is 0 Å². The highest BCUT2D eigenvalue weighted by atomic mass is 16.5. The quantitative estimate of drug-likeness (QED) is 0.802. The highest BCUT2D eigenvalue weighted by Gasteiger charge is 2.13. The van der Waals surface area contributed by atoms with E-state index >= 15 is 0 Å². The third-order valence-corrected chi connectivity index (χ3v) is 2.90. The molecular formula is C11H14N4O. The first kappa shape index (κ1) is 9.59. The van der Waals surface area contributed by atoms with Crippen LogP contribution in [-0.4, -0.2) is 34.4 Å². The molecule has 1 saturated heterocycles. The van der Waals surface area contributed by atoms with E-state index in [1.165, 1.54) is 0 Å². The number of ether oxygens (including phenoxy) is 1. The van der Waals surface area contributed by atoms with E-state index in [1.807, 2.05) is 12.3 Å². The zero-order valence-electron chi connectivity index (χ0n) is 8.94. The highest BCUT2D eigenvalue weighted by molar-refractivity contribution is 5.79. The molecule has 0 unspecified atom stereocenters. The largest absolute Gasteiger partial charge is 0.381 e. The van der Waals surface area contributed by atoms with Crippen LogP contribution in [0.4, 0.5) is 5.82 Å². The second-order valence-corrected chi connectivity index (χ2v) is 4.06. The average Bonchev–Trinajstić information content (AvgIpc) is 2.77. The van der Waals surface area contributed by atoms with Gasteiger partial charge in [-0.25, -0.2) is 4.98 Å². The number of pyridine rings is 1. The monoisotopic (exact) mass is 218 g/mol. The minimum Gasteiger partial charge on any atom is -0.381 e.